The second kappa shape index (κ2) is 7.45. The van der Waals surface area contributed by atoms with Gasteiger partial charge in [0, 0.05) is 25.4 Å². The van der Waals surface area contributed by atoms with Gasteiger partial charge in [-0.05, 0) is 35.7 Å². The molecule has 136 valence electrons. The number of methoxy groups -OCH3 is 1. The van der Waals surface area contributed by atoms with E-state index in [1.807, 2.05) is 6.07 Å². The summed E-state index contributed by atoms with van der Waals surface area (Å²) >= 11 is 0. The maximum absolute atomic E-state index is 12.4. The van der Waals surface area contributed by atoms with Crippen molar-refractivity contribution in [2.75, 3.05) is 23.9 Å². The van der Waals surface area contributed by atoms with Gasteiger partial charge in [0.15, 0.2) is 0 Å². The van der Waals surface area contributed by atoms with Crippen LogP contribution in [-0.2, 0) is 13.0 Å². The lowest BCUT2D eigenvalue weighted by Crippen LogP contribution is -2.31. The number of pyridine rings is 2. The van der Waals surface area contributed by atoms with Crippen LogP contribution in [0.3, 0.4) is 0 Å². The summed E-state index contributed by atoms with van der Waals surface area (Å²) in [5.41, 5.74) is 3.85. The van der Waals surface area contributed by atoms with E-state index in [0.717, 1.165) is 25.3 Å². The molecule has 3 heterocycles. The Kier molecular flexibility index (Phi) is 4.70. The first-order valence-corrected chi connectivity index (χ1v) is 8.82. The van der Waals surface area contributed by atoms with Crippen LogP contribution in [0.25, 0.3) is 0 Å². The van der Waals surface area contributed by atoms with Gasteiger partial charge in [0.1, 0.15) is 5.82 Å². The van der Waals surface area contributed by atoms with Gasteiger partial charge in [-0.15, -0.1) is 0 Å². The van der Waals surface area contributed by atoms with Gasteiger partial charge in [0.2, 0.25) is 5.88 Å². The Morgan fingerprint density at radius 3 is 2.59 bits per heavy atom. The summed E-state index contributed by atoms with van der Waals surface area (Å²) in [5, 5.41) is 2.81. The molecular weight excluding hydrogens is 340 g/mol. The summed E-state index contributed by atoms with van der Waals surface area (Å²) < 4.78 is 5.01. The Labute approximate surface area is 157 Å². The van der Waals surface area contributed by atoms with Gasteiger partial charge >= 0.3 is 0 Å². The molecule has 0 bridgehead atoms. The number of ether oxygens (including phenoxy) is 1. The van der Waals surface area contributed by atoms with E-state index in [-0.39, 0.29) is 5.91 Å². The molecule has 4 rings (SSSR count). The minimum absolute atomic E-state index is 0.218. The van der Waals surface area contributed by atoms with Crippen LogP contribution in [0.1, 0.15) is 21.5 Å². The monoisotopic (exact) mass is 360 g/mol. The summed E-state index contributed by atoms with van der Waals surface area (Å²) in [7, 11) is 1.55. The molecule has 1 N–H and O–H groups in total. The number of hydrogen-bond donors (Lipinski definition) is 1. The molecule has 6 nitrogen and oxygen atoms in total. The van der Waals surface area contributed by atoms with Crippen molar-refractivity contribution in [1.82, 2.24) is 9.97 Å². The first kappa shape index (κ1) is 17.0. The van der Waals surface area contributed by atoms with Gasteiger partial charge in [0.25, 0.3) is 5.91 Å². The van der Waals surface area contributed by atoms with Crippen LogP contribution >= 0.6 is 0 Å². The van der Waals surface area contributed by atoms with Crippen LogP contribution in [0, 0.1) is 0 Å². The molecule has 3 aromatic rings. The number of carbonyl (C=O) groups is 1. The number of aromatic nitrogens is 2. The fourth-order valence-corrected chi connectivity index (χ4v) is 3.18. The molecule has 6 heteroatoms. The zero-order chi connectivity index (χ0) is 18.6. The number of fused-ring (bicyclic) bond motifs is 1. The van der Waals surface area contributed by atoms with Gasteiger partial charge < -0.3 is 15.0 Å². The Bertz CT molecular complexity index is 939. The van der Waals surface area contributed by atoms with Crippen molar-refractivity contribution < 1.29 is 9.53 Å². The standard InChI is InChI=1S/C21H20N4O2/c1-27-20-9-7-18(13-23-20)24-21(26)16-6-8-19(22-12-16)25-11-10-15-4-2-3-5-17(15)14-25/h2-9,12-13H,10-11,14H2,1H3,(H,24,26). The van der Waals surface area contributed by atoms with Crippen molar-refractivity contribution in [3.05, 3.63) is 77.6 Å². The molecule has 0 radical (unpaired) electrons. The van der Waals surface area contributed by atoms with Crippen LogP contribution in [0.5, 0.6) is 5.88 Å². The molecule has 0 unspecified atom stereocenters. The molecular formula is C21H20N4O2. The Hall–Kier alpha value is -3.41. The zero-order valence-electron chi connectivity index (χ0n) is 15.1. The van der Waals surface area contributed by atoms with Crippen molar-refractivity contribution in [3.63, 3.8) is 0 Å². The number of amides is 1. The molecule has 0 atom stereocenters. The average Bonchev–Trinajstić information content (AvgIpc) is 2.74. The average molecular weight is 360 g/mol. The lowest BCUT2D eigenvalue weighted by Gasteiger charge is -2.29. The van der Waals surface area contributed by atoms with E-state index < -0.39 is 0 Å². The van der Waals surface area contributed by atoms with Crippen LogP contribution in [-0.4, -0.2) is 29.5 Å². The molecule has 1 aromatic carbocycles. The number of anilines is 2. The van der Waals surface area contributed by atoms with E-state index in [2.05, 4.69) is 44.5 Å². The highest BCUT2D eigenvalue weighted by Gasteiger charge is 2.17. The highest BCUT2D eigenvalue weighted by atomic mass is 16.5. The van der Waals surface area contributed by atoms with E-state index >= 15 is 0 Å². The second-order valence-electron chi connectivity index (χ2n) is 6.39. The lowest BCUT2D eigenvalue weighted by molar-refractivity contribution is 0.102. The third-order valence-electron chi connectivity index (χ3n) is 4.67. The zero-order valence-corrected chi connectivity index (χ0v) is 15.1. The number of carbonyl (C=O) groups excluding carboxylic acids is 1. The maximum atomic E-state index is 12.4. The molecule has 0 saturated carbocycles. The number of nitrogens with one attached hydrogen (secondary N) is 1. The molecule has 27 heavy (non-hydrogen) atoms. The minimum atomic E-state index is -0.218. The molecule has 0 spiro atoms. The molecule has 0 saturated heterocycles. The Balaban J connectivity index is 1.43. The predicted molar refractivity (Wildman–Crippen MR) is 104 cm³/mol. The number of hydrogen-bond acceptors (Lipinski definition) is 5. The SMILES string of the molecule is COc1ccc(NC(=O)c2ccc(N3CCc4ccccc4C3)nc2)cn1. The fourth-order valence-electron chi connectivity index (χ4n) is 3.18. The summed E-state index contributed by atoms with van der Waals surface area (Å²) in [6.07, 6.45) is 4.18. The maximum Gasteiger partial charge on any atom is 0.257 e. The molecule has 1 aliphatic heterocycles. The largest absolute Gasteiger partial charge is 0.481 e. The third-order valence-corrected chi connectivity index (χ3v) is 4.67. The van der Waals surface area contributed by atoms with Crippen LogP contribution in [0.15, 0.2) is 60.9 Å². The highest BCUT2D eigenvalue weighted by Crippen LogP contribution is 2.23. The molecule has 1 aliphatic rings. The first-order valence-electron chi connectivity index (χ1n) is 8.82. The summed E-state index contributed by atoms with van der Waals surface area (Å²) in [5.74, 6) is 1.17. The lowest BCUT2D eigenvalue weighted by atomic mass is 10.00. The number of rotatable bonds is 4. The van der Waals surface area contributed by atoms with Gasteiger partial charge in [0.05, 0.1) is 24.6 Å². The van der Waals surface area contributed by atoms with E-state index in [9.17, 15) is 4.79 Å². The van der Waals surface area contributed by atoms with Crippen molar-refractivity contribution >= 4 is 17.4 Å². The summed E-state index contributed by atoms with van der Waals surface area (Å²) in [4.78, 5) is 23.2. The summed E-state index contributed by atoms with van der Waals surface area (Å²) in [6, 6.07) is 15.6. The topological polar surface area (TPSA) is 67.3 Å². The normalized spacial score (nSPS) is 13.0. The van der Waals surface area contributed by atoms with Crippen molar-refractivity contribution in [2.24, 2.45) is 0 Å². The van der Waals surface area contributed by atoms with Crippen LogP contribution in [0.2, 0.25) is 0 Å². The Morgan fingerprint density at radius 1 is 1.04 bits per heavy atom. The quantitative estimate of drug-likeness (QED) is 0.773. The Morgan fingerprint density at radius 2 is 1.89 bits per heavy atom. The van der Waals surface area contributed by atoms with Crippen LogP contribution < -0.4 is 15.0 Å². The van der Waals surface area contributed by atoms with E-state index in [1.165, 1.54) is 11.1 Å². The van der Waals surface area contributed by atoms with Gasteiger partial charge in [-0.25, -0.2) is 9.97 Å². The van der Waals surface area contributed by atoms with Crippen molar-refractivity contribution in [1.29, 1.82) is 0 Å². The number of benzene rings is 1. The molecule has 1 amide bonds. The second-order valence-corrected chi connectivity index (χ2v) is 6.39. The highest BCUT2D eigenvalue weighted by molar-refractivity contribution is 6.04. The van der Waals surface area contributed by atoms with Crippen LogP contribution in [0.4, 0.5) is 11.5 Å². The van der Waals surface area contributed by atoms with Gasteiger partial charge in [-0.3, -0.25) is 4.79 Å². The van der Waals surface area contributed by atoms with Crippen molar-refractivity contribution in [2.45, 2.75) is 13.0 Å². The smallest absolute Gasteiger partial charge is 0.257 e. The number of nitrogens with zero attached hydrogens (tertiary/aromatic N) is 3. The summed E-state index contributed by atoms with van der Waals surface area (Å²) in [6.45, 7) is 1.76. The minimum Gasteiger partial charge on any atom is -0.481 e. The van der Waals surface area contributed by atoms with E-state index in [0.29, 0.717) is 17.1 Å². The molecule has 2 aromatic heterocycles. The van der Waals surface area contributed by atoms with E-state index in [4.69, 9.17) is 4.74 Å². The molecule has 0 aliphatic carbocycles. The first-order chi connectivity index (χ1) is 13.2. The van der Waals surface area contributed by atoms with E-state index in [1.54, 1.807) is 37.7 Å². The fraction of sp³-hybridized carbons (Fsp3) is 0.190. The molecule has 0 fully saturated rings. The third kappa shape index (κ3) is 3.74. The van der Waals surface area contributed by atoms with Gasteiger partial charge in [-0.1, -0.05) is 24.3 Å². The van der Waals surface area contributed by atoms with Gasteiger partial charge in [-0.2, -0.15) is 0 Å². The van der Waals surface area contributed by atoms with Crippen molar-refractivity contribution in [3.8, 4) is 5.88 Å². The predicted octanol–water partition coefficient (Wildman–Crippen LogP) is 3.30.